The molecule has 0 bridgehead atoms. The first kappa shape index (κ1) is 11.8. The summed E-state index contributed by atoms with van der Waals surface area (Å²) in [7, 11) is 3.27. The quantitative estimate of drug-likeness (QED) is 0.687. The standard InChI is InChI=1S/C9H13ClN4O/c1-11-14(12-2)9(15)13-8-5-3-7(10)4-6-8/h3-6,11-12H,1-2H3,(H,13,15). The van der Waals surface area contributed by atoms with Crippen molar-refractivity contribution in [3.05, 3.63) is 29.3 Å². The first-order valence-corrected chi connectivity index (χ1v) is 4.76. The zero-order valence-electron chi connectivity index (χ0n) is 8.54. The van der Waals surface area contributed by atoms with Crippen LogP contribution in [0.3, 0.4) is 0 Å². The van der Waals surface area contributed by atoms with E-state index in [1.165, 1.54) is 5.12 Å². The van der Waals surface area contributed by atoms with E-state index in [4.69, 9.17) is 11.6 Å². The molecule has 0 spiro atoms. The zero-order chi connectivity index (χ0) is 11.3. The molecule has 0 unspecified atom stereocenters. The van der Waals surface area contributed by atoms with E-state index in [1.807, 2.05) is 0 Å². The zero-order valence-corrected chi connectivity index (χ0v) is 9.30. The number of rotatable bonds is 3. The van der Waals surface area contributed by atoms with Gasteiger partial charge in [0.25, 0.3) is 0 Å². The monoisotopic (exact) mass is 228 g/mol. The van der Waals surface area contributed by atoms with Gasteiger partial charge in [0, 0.05) is 24.8 Å². The minimum atomic E-state index is -0.303. The maximum Gasteiger partial charge on any atom is 0.351 e. The molecule has 0 fully saturated rings. The molecule has 0 aliphatic carbocycles. The summed E-state index contributed by atoms with van der Waals surface area (Å²) in [5, 5.41) is 4.52. The van der Waals surface area contributed by atoms with Crippen LogP contribution in [-0.2, 0) is 0 Å². The maximum absolute atomic E-state index is 11.5. The van der Waals surface area contributed by atoms with Gasteiger partial charge < -0.3 is 5.32 Å². The molecule has 6 heteroatoms. The lowest BCUT2D eigenvalue weighted by molar-refractivity contribution is 0.163. The van der Waals surface area contributed by atoms with E-state index in [0.717, 1.165) is 0 Å². The highest BCUT2D eigenvalue weighted by molar-refractivity contribution is 6.30. The van der Waals surface area contributed by atoms with E-state index in [-0.39, 0.29) is 6.03 Å². The Balaban J connectivity index is 2.61. The summed E-state index contributed by atoms with van der Waals surface area (Å²) in [5.74, 6) is 0. The summed E-state index contributed by atoms with van der Waals surface area (Å²) in [5.41, 5.74) is 6.01. The number of anilines is 1. The molecule has 5 nitrogen and oxygen atoms in total. The summed E-state index contributed by atoms with van der Waals surface area (Å²) in [6, 6.07) is 6.57. The normalized spacial score (nSPS) is 9.80. The molecule has 0 aliphatic rings. The predicted molar refractivity (Wildman–Crippen MR) is 60.4 cm³/mol. The molecule has 15 heavy (non-hydrogen) atoms. The van der Waals surface area contributed by atoms with Gasteiger partial charge in [0.2, 0.25) is 0 Å². The molecule has 0 atom stereocenters. The number of halogens is 1. The van der Waals surface area contributed by atoms with Crippen LogP contribution < -0.4 is 16.2 Å². The van der Waals surface area contributed by atoms with Gasteiger partial charge in [0.05, 0.1) is 0 Å². The molecule has 0 heterocycles. The van der Waals surface area contributed by atoms with Crippen molar-refractivity contribution >= 4 is 23.3 Å². The van der Waals surface area contributed by atoms with Gasteiger partial charge in [-0.05, 0) is 24.3 Å². The van der Waals surface area contributed by atoms with Crippen LogP contribution >= 0.6 is 11.6 Å². The van der Waals surface area contributed by atoms with Gasteiger partial charge in [0.15, 0.2) is 0 Å². The van der Waals surface area contributed by atoms with Gasteiger partial charge in [-0.15, -0.1) is 0 Å². The highest BCUT2D eigenvalue weighted by atomic mass is 35.5. The Labute approximate surface area is 93.3 Å². The van der Waals surface area contributed by atoms with Crippen molar-refractivity contribution < 1.29 is 4.79 Å². The Bertz CT molecular complexity index is 323. The Morgan fingerprint density at radius 3 is 2.20 bits per heavy atom. The average Bonchev–Trinajstić information content (AvgIpc) is 2.23. The van der Waals surface area contributed by atoms with Gasteiger partial charge in [-0.3, -0.25) is 0 Å². The molecule has 0 aliphatic heterocycles. The fraction of sp³-hybridized carbons (Fsp3) is 0.222. The molecular weight excluding hydrogens is 216 g/mol. The maximum atomic E-state index is 11.5. The average molecular weight is 229 g/mol. The lowest BCUT2D eigenvalue weighted by Crippen LogP contribution is -2.50. The van der Waals surface area contributed by atoms with Crippen molar-refractivity contribution in [2.24, 2.45) is 0 Å². The van der Waals surface area contributed by atoms with Crippen LogP contribution in [-0.4, -0.2) is 25.2 Å². The fourth-order valence-electron chi connectivity index (χ4n) is 1.03. The molecule has 0 saturated carbocycles. The number of nitrogens with zero attached hydrogens (tertiary/aromatic N) is 1. The van der Waals surface area contributed by atoms with E-state index >= 15 is 0 Å². The minimum absolute atomic E-state index is 0.303. The number of hydrogen-bond acceptors (Lipinski definition) is 3. The van der Waals surface area contributed by atoms with Gasteiger partial charge in [-0.2, -0.15) is 5.12 Å². The number of carbonyl (C=O) groups is 1. The number of carbonyl (C=O) groups excluding carboxylic acids is 1. The van der Waals surface area contributed by atoms with E-state index in [1.54, 1.807) is 38.4 Å². The Morgan fingerprint density at radius 1 is 1.20 bits per heavy atom. The van der Waals surface area contributed by atoms with Crippen molar-refractivity contribution in [3.8, 4) is 0 Å². The van der Waals surface area contributed by atoms with Crippen LogP contribution in [0.4, 0.5) is 10.5 Å². The van der Waals surface area contributed by atoms with Gasteiger partial charge >= 0.3 is 6.03 Å². The smallest absolute Gasteiger partial charge is 0.306 e. The van der Waals surface area contributed by atoms with Gasteiger partial charge in [-0.25, -0.2) is 15.6 Å². The van der Waals surface area contributed by atoms with E-state index in [2.05, 4.69) is 16.2 Å². The second-order valence-corrected chi connectivity index (χ2v) is 3.16. The third-order valence-electron chi connectivity index (χ3n) is 1.75. The van der Waals surface area contributed by atoms with Crippen LogP contribution in [0.15, 0.2) is 24.3 Å². The Hall–Kier alpha value is -1.30. The molecule has 0 saturated heterocycles. The molecule has 1 aromatic carbocycles. The van der Waals surface area contributed by atoms with Gasteiger partial charge in [0.1, 0.15) is 0 Å². The van der Waals surface area contributed by atoms with Crippen molar-refractivity contribution in [2.75, 3.05) is 19.4 Å². The first-order valence-electron chi connectivity index (χ1n) is 4.39. The number of hydrogen-bond donors (Lipinski definition) is 3. The lowest BCUT2D eigenvalue weighted by atomic mass is 10.3. The number of nitrogens with one attached hydrogen (secondary N) is 3. The Morgan fingerprint density at radius 2 is 1.73 bits per heavy atom. The summed E-state index contributed by atoms with van der Waals surface area (Å²) >= 11 is 5.72. The molecule has 1 rings (SSSR count). The first-order chi connectivity index (χ1) is 7.17. The van der Waals surface area contributed by atoms with E-state index < -0.39 is 0 Å². The third-order valence-corrected chi connectivity index (χ3v) is 2.00. The van der Waals surface area contributed by atoms with E-state index in [9.17, 15) is 4.79 Å². The SMILES string of the molecule is CNN(NC)C(=O)Nc1ccc(Cl)cc1. The molecule has 3 N–H and O–H groups in total. The summed E-state index contributed by atoms with van der Waals surface area (Å²) in [4.78, 5) is 11.5. The number of benzene rings is 1. The third kappa shape index (κ3) is 3.39. The van der Waals surface area contributed by atoms with Crippen LogP contribution in [0.25, 0.3) is 0 Å². The summed E-state index contributed by atoms with van der Waals surface area (Å²) in [6.45, 7) is 0. The topological polar surface area (TPSA) is 56.4 Å². The predicted octanol–water partition coefficient (Wildman–Crippen LogP) is 1.44. The molecule has 0 aromatic heterocycles. The fourth-order valence-corrected chi connectivity index (χ4v) is 1.15. The van der Waals surface area contributed by atoms with Crippen molar-refractivity contribution in [1.29, 1.82) is 0 Å². The number of hydrazine groups is 2. The molecule has 0 radical (unpaired) electrons. The van der Waals surface area contributed by atoms with E-state index in [0.29, 0.717) is 10.7 Å². The molecular formula is C9H13ClN4O. The summed E-state index contributed by atoms with van der Waals surface area (Å²) in [6.07, 6.45) is 0. The lowest BCUT2D eigenvalue weighted by Gasteiger charge is -2.19. The largest absolute Gasteiger partial charge is 0.351 e. The van der Waals surface area contributed by atoms with Crippen molar-refractivity contribution in [3.63, 3.8) is 0 Å². The molecule has 1 aromatic rings. The second kappa shape index (κ2) is 5.55. The van der Waals surface area contributed by atoms with Crippen LogP contribution in [0.1, 0.15) is 0 Å². The summed E-state index contributed by atoms with van der Waals surface area (Å²) < 4.78 is 0. The number of amides is 2. The van der Waals surface area contributed by atoms with Gasteiger partial charge in [-0.1, -0.05) is 11.6 Å². The highest BCUT2D eigenvalue weighted by Crippen LogP contribution is 2.13. The minimum Gasteiger partial charge on any atom is -0.306 e. The Kier molecular flexibility index (Phi) is 4.36. The number of urea groups is 1. The van der Waals surface area contributed by atoms with Crippen molar-refractivity contribution in [1.82, 2.24) is 16.0 Å². The highest BCUT2D eigenvalue weighted by Gasteiger charge is 2.08. The van der Waals surface area contributed by atoms with Crippen molar-refractivity contribution in [2.45, 2.75) is 0 Å². The molecule has 82 valence electrons. The van der Waals surface area contributed by atoms with Crippen LogP contribution in [0, 0.1) is 0 Å². The second-order valence-electron chi connectivity index (χ2n) is 2.72. The molecule has 2 amide bonds. The van der Waals surface area contributed by atoms with Crippen LogP contribution in [0.2, 0.25) is 5.02 Å². The van der Waals surface area contributed by atoms with Crippen LogP contribution in [0.5, 0.6) is 0 Å².